The lowest BCUT2D eigenvalue weighted by Gasteiger charge is -2.45. The van der Waals surface area contributed by atoms with Gasteiger partial charge in [0.2, 0.25) is 27.7 Å². The van der Waals surface area contributed by atoms with Crippen LogP contribution in [0.2, 0.25) is 0 Å². The highest BCUT2D eigenvalue weighted by Crippen LogP contribution is 2.47. The maximum Gasteiger partial charge on any atom is 0.411 e. The first-order valence-corrected chi connectivity index (χ1v) is 22.5. The topological polar surface area (TPSA) is 185 Å². The summed E-state index contributed by atoms with van der Waals surface area (Å²) < 4.78 is 98.4. The van der Waals surface area contributed by atoms with E-state index in [2.05, 4.69) is 10.0 Å². The van der Waals surface area contributed by atoms with Gasteiger partial charge >= 0.3 is 12.3 Å². The first-order valence-electron chi connectivity index (χ1n) is 20.9. The minimum atomic E-state index is -5.13. The van der Waals surface area contributed by atoms with Crippen molar-refractivity contribution in [3.05, 3.63) is 66.5 Å². The summed E-state index contributed by atoms with van der Waals surface area (Å²) in [5.74, 6) is -4.75. The molecule has 3 N–H and O–H groups in total. The number of hydrogen-bond acceptors (Lipinski definition) is 9. The summed E-state index contributed by atoms with van der Waals surface area (Å²) in [6, 6.07) is 8.86. The van der Waals surface area contributed by atoms with Crippen molar-refractivity contribution in [1.29, 1.82) is 0 Å². The molecule has 0 radical (unpaired) electrons. The third kappa shape index (κ3) is 9.15. The van der Waals surface area contributed by atoms with Crippen molar-refractivity contribution in [2.24, 2.45) is 17.8 Å². The van der Waals surface area contributed by atoms with E-state index in [0.29, 0.717) is 67.3 Å². The second-order valence-corrected chi connectivity index (χ2v) is 19.8. The van der Waals surface area contributed by atoms with Crippen LogP contribution in [-0.4, -0.2) is 106 Å². The highest BCUT2D eigenvalue weighted by molar-refractivity contribution is 7.91. The van der Waals surface area contributed by atoms with Crippen molar-refractivity contribution in [3.8, 4) is 22.9 Å². The molecule has 14 nitrogen and oxygen atoms in total. The van der Waals surface area contributed by atoms with Gasteiger partial charge in [0, 0.05) is 23.3 Å². The van der Waals surface area contributed by atoms with Crippen LogP contribution in [0.3, 0.4) is 0 Å². The van der Waals surface area contributed by atoms with Gasteiger partial charge in [0.25, 0.3) is 5.91 Å². The lowest BCUT2D eigenvalue weighted by atomic mass is 9.85. The molecule has 2 aliphatic carbocycles. The van der Waals surface area contributed by atoms with E-state index in [1.807, 2.05) is 6.92 Å². The Balaban J connectivity index is 1.32. The van der Waals surface area contributed by atoms with Gasteiger partial charge in [0.1, 0.15) is 40.8 Å². The number of nitrogens with zero attached hydrogens (tertiary/aromatic N) is 3. The van der Waals surface area contributed by atoms with Crippen LogP contribution in [0.25, 0.3) is 22.0 Å². The van der Waals surface area contributed by atoms with E-state index in [0.717, 1.165) is 4.90 Å². The predicted molar refractivity (Wildman–Crippen MR) is 222 cm³/mol. The van der Waals surface area contributed by atoms with Crippen LogP contribution in [0.1, 0.15) is 72.6 Å². The molecule has 340 valence electrons. The number of benzene rings is 2. The van der Waals surface area contributed by atoms with Crippen molar-refractivity contribution in [2.75, 3.05) is 13.7 Å². The average Bonchev–Trinajstić information content (AvgIpc) is 4.14. The van der Waals surface area contributed by atoms with Gasteiger partial charge in [-0.15, -0.1) is 0 Å². The Morgan fingerprint density at radius 2 is 1.73 bits per heavy atom. The molecule has 63 heavy (non-hydrogen) atoms. The number of carbonyl (C=O) groups excluding carboxylic acids is 3. The van der Waals surface area contributed by atoms with Gasteiger partial charge in [-0.2, -0.15) is 13.2 Å². The lowest BCUT2D eigenvalue weighted by Crippen LogP contribution is -2.66. The summed E-state index contributed by atoms with van der Waals surface area (Å²) >= 11 is 0. The minimum absolute atomic E-state index is 0.0270. The number of sulfonamides is 1. The van der Waals surface area contributed by atoms with Crippen LogP contribution >= 0.6 is 0 Å². The Kier molecular flexibility index (Phi) is 12.2. The quantitative estimate of drug-likeness (QED) is 0.157. The molecule has 2 aliphatic heterocycles. The zero-order chi connectivity index (χ0) is 45.8. The Bertz CT molecular complexity index is 2430. The van der Waals surface area contributed by atoms with E-state index >= 15 is 4.79 Å². The molecule has 3 fully saturated rings. The number of fused-ring (bicyclic) bond motifs is 3. The minimum Gasteiger partial charge on any atom is -0.497 e. The predicted octanol–water partition coefficient (Wildman–Crippen LogP) is 6.58. The number of pyridine rings is 1. The highest BCUT2D eigenvalue weighted by atomic mass is 32.2. The molecule has 2 saturated carbocycles. The molecule has 0 spiro atoms. The summed E-state index contributed by atoms with van der Waals surface area (Å²) in [4.78, 5) is 62.6. The SMILES string of the molecule is COc1ccc2c(O[C@@H]3C[C@H]4C(=O)N[C@]5(C(=O)NS(=O)(=O)C6CC6)C[C@H]5C=CCC[C@@H](C)C[C@@H](C)[C@H](N(C(=O)O)C(C)(C)C(F)(F)F)C(=O)N4C3)nc(-c3ccc(F)cc3)cc2c1. The monoisotopic (exact) mass is 901 g/mol. The van der Waals surface area contributed by atoms with E-state index in [-0.39, 0.29) is 36.0 Å². The summed E-state index contributed by atoms with van der Waals surface area (Å²) in [5.41, 5.74) is -3.93. The van der Waals surface area contributed by atoms with Gasteiger partial charge in [0.05, 0.1) is 24.6 Å². The number of methoxy groups -OCH3 is 1. The van der Waals surface area contributed by atoms with Crippen LogP contribution < -0.4 is 19.5 Å². The molecular weight excluding hydrogens is 851 g/mol. The number of carboxylic acid groups (broad SMARTS) is 1. The highest BCUT2D eigenvalue weighted by Gasteiger charge is 2.63. The molecule has 19 heteroatoms. The number of allylic oxidation sites excluding steroid dienone is 1. The number of alkyl halides is 3. The van der Waals surface area contributed by atoms with Gasteiger partial charge in [-0.1, -0.05) is 26.0 Å². The van der Waals surface area contributed by atoms with Crippen molar-refractivity contribution in [3.63, 3.8) is 0 Å². The van der Waals surface area contributed by atoms with E-state index in [1.165, 1.54) is 38.3 Å². The number of halogens is 4. The Morgan fingerprint density at radius 3 is 2.37 bits per heavy atom. The fourth-order valence-electron chi connectivity index (χ4n) is 8.83. The number of nitrogens with one attached hydrogen (secondary N) is 2. The molecule has 3 heterocycles. The number of hydrogen-bond donors (Lipinski definition) is 3. The average molecular weight is 902 g/mol. The van der Waals surface area contributed by atoms with Crippen molar-refractivity contribution in [2.45, 2.75) is 113 Å². The van der Waals surface area contributed by atoms with Crippen molar-refractivity contribution < 1.29 is 59.7 Å². The van der Waals surface area contributed by atoms with Crippen LogP contribution in [0, 0.1) is 23.6 Å². The smallest absolute Gasteiger partial charge is 0.411 e. The van der Waals surface area contributed by atoms with E-state index in [9.17, 15) is 45.5 Å². The number of carbonyl (C=O) groups is 4. The molecule has 4 amide bonds. The lowest BCUT2D eigenvalue weighted by molar-refractivity contribution is -0.222. The third-order valence-electron chi connectivity index (χ3n) is 12.8. The summed E-state index contributed by atoms with van der Waals surface area (Å²) in [7, 11) is -2.57. The maximum absolute atomic E-state index is 15.2. The normalized spacial score (nSPS) is 27.0. The molecule has 7 rings (SSSR count). The van der Waals surface area contributed by atoms with Crippen LogP contribution in [-0.2, 0) is 24.4 Å². The van der Waals surface area contributed by atoms with Crippen molar-refractivity contribution >= 4 is 44.6 Å². The standard InChI is InChI=1S/C44H51F4N5O9S/c1-24-8-6-7-9-28-22-43(28,40(56)51-63(59,60)32-15-16-32)50-37(54)35-21-31(23-52(35)39(55)36(25(2)18-24)53(41(57)58)42(3,4)44(46,47)48)62-38-33-17-14-30(61-5)19-27(33)20-34(49-38)26-10-12-29(45)13-11-26/h7,9-14,17,19-20,24-25,28,31-32,35-36H,6,8,15-16,18,21-23H2,1-5H3,(H,50,54)(H,51,56)(H,57,58)/t24-,25-,28-,31-,35+,36+,43-/m1/s1. The van der Waals surface area contributed by atoms with Gasteiger partial charge in [-0.3, -0.25) is 24.0 Å². The van der Waals surface area contributed by atoms with Gasteiger partial charge in [-0.25, -0.2) is 22.6 Å². The van der Waals surface area contributed by atoms with Gasteiger partial charge in [-0.05, 0) is 118 Å². The maximum atomic E-state index is 15.2. The fraction of sp³-hybridized carbons (Fsp3) is 0.523. The molecule has 1 aromatic heterocycles. The van der Waals surface area contributed by atoms with E-state index in [1.54, 1.807) is 36.4 Å². The summed E-state index contributed by atoms with van der Waals surface area (Å²) in [6.07, 6.45) is -3.15. The molecule has 1 saturated heterocycles. The Hall–Kier alpha value is -5.46. The molecular formula is C44H51F4N5O9S. The first-order chi connectivity index (χ1) is 29.6. The molecule has 7 atom stereocenters. The largest absolute Gasteiger partial charge is 0.497 e. The molecule has 3 aromatic rings. The van der Waals surface area contributed by atoms with E-state index in [4.69, 9.17) is 14.5 Å². The zero-order valence-electron chi connectivity index (χ0n) is 35.4. The molecule has 2 aromatic carbocycles. The molecule has 0 bridgehead atoms. The fourth-order valence-corrected chi connectivity index (χ4v) is 10.2. The Morgan fingerprint density at radius 1 is 1.03 bits per heavy atom. The molecule has 0 unspecified atom stereocenters. The second kappa shape index (κ2) is 16.9. The Labute approximate surface area is 362 Å². The number of amides is 4. The summed E-state index contributed by atoms with van der Waals surface area (Å²) in [5, 5.41) is 13.6. The number of ether oxygens (including phenoxy) is 2. The summed E-state index contributed by atoms with van der Waals surface area (Å²) in [6.45, 7) is 4.28. The second-order valence-electron chi connectivity index (χ2n) is 17.8. The third-order valence-corrected chi connectivity index (χ3v) is 14.6. The van der Waals surface area contributed by atoms with Crippen LogP contribution in [0.15, 0.2) is 60.7 Å². The zero-order valence-corrected chi connectivity index (χ0v) is 36.3. The van der Waals surface area contributed by atoms with Crippen LogP contribution in [0.4, 0.5) is 22.4 Å². The first kappa shape index (κ1) is 45.6. The number of aromatic nitrogens is 1. The van der Waals surface area contributed by atoms with Gasteiger partial charge < -0.3 is 24.8 Å². The van der Waals surface area contributed by atoms with E-state index < -0.39 is 98.7 Å². The number of rotatable bonds is 9. The van der Waals surface area contributed by atoms with Gasteiger partial charge in [0.15, 0.2) is 0 Å². The molecule has 4 aliphatic rings. The van der Waals surface area contributed by atoms with Crippen molar-refractivity contribution in [1.82, 2.24) is 24.8 Å². The van der Waals surface area contributed by atoms with Crippen LogP contribution in [0.5, 0.6) is 11.6 Å².